The number of amides is 3. The number of benzene rings is 1. The van der Waals surface area contributed by atoms with Gasteiger partial charge >= 0.3 is 0 Å². The molecule has 2 heterocycles. The second kappa shape index (κ2) is 7.11. The van der Waals surface area contributed by atoms with Crippen LogP contribution in [-0.4, -0.2) is 50.5 Å². The first-order valence-corrected chi connectivity index (χ1v) is 10.8. The van der Waals surface area contributed by atoms with Crippen LogP contribution in [0.25, 0.3) is 10.9 Å². The van der Waals surface area contributed by atoms with Crippen LogP contribution in [0.5, 0.6) is 0 Å². The predicted octanol–water partition coefficient (Wildman–Crippen LogP) is 1.43. The minimum Gasteiger partial charge on any atom is -0.364 e. The first kappa shape index (κ1) is 19.1. The number of nitrogens with zero attached hydrogens (tertiary/aromatic N) is 3. The second-order valence-electron chi connectivity index (χ2n) is 9.13. The number of hydrogen-bond acceptors (Lipinski definition) is 4. The standard InChI is InChI=1S/C22H27N5O3/c1-12-6-7-14(8-12)24-22(30)18-10-13-9-17(13)27(18)19(28)11-26-16-5-3-2-4-15(16)20(25-26)21(23)29/h2-5,12-14,17-18H,6-11H2,1H3,(H2,23,29)(H,24,30)/t12?,13-,14?,17-,18+/m1/s1. The van der Waals surface area contributed by atoms with E-state index < -0.39 is 11.9 Å². The summed E-state index contributed by atoms with van der Waals surface area (Å²) in [6.07, 6.45) is 4.85. The van der Waals surface area contributed by atoms with Gasteiger partial charge in [0.1, 0.15) is 12.6 Å². The van der Waals surface area contributed by atoms with Gasteiger partial charge in [-0.25, -0.2) is 0 Å². The van der Waals surface area contributed by atoms with Crippen LogP contribution in [-0.2, 0) is 16.1 Å². The Kier molecular flexibility index (Phi) is 4.52. The highest BCUT2D eigenvalue weighted by atomic mass is 16.2. The van der Waals surface area contributed by atoms with Crippen molar-refractivity contribution < 1.29 is 14.4 Å². The van der Waals surface area contributed by atoms with E-state index in [9.17, 15) is 14.4 Å². The van der Waals surface area contributed by atoms with Crippen LogP contribution in [0.4, 0.5) is 0 Å². The van der Waals surface area contributed by atoms with Crippen LogP contribution in [0.1, 0.15) is 49.5 Å². The summed E-state index contributed by atoms with van der Waals surface area (Å²) in [5.41, 5.74) is 6.31. The summed E-state index contributed by atoms with van der Waals surface area (Å²) in [6, 6.07) is 7.19. The summed E-state index contributed by atoms with van der Waals surface area (Å²) in [5.74, 6) is 0.270. The average Bonchev–Trinajstić information content (AvgIpc) is 3.03. The van der Waals surface area contributed by atoms with Crippen molar-refractivity contribution in [3.05, 3.63) is 30.0 Å². The van der Waals surface area contributed by atoms with Crippen LogP contribution >= 0.6 is 0 Å². The molecule has 0 radical (unpaired) electrons. The maximum atomic E-state index is 13.2. The average molecular weight is 409 g/mol. The molecule has 2 unspecified atom stereocenters. The lowest BCUT2D eigenvalue weighted by Gasteiger charge is -2.28. The minimum atomic E-state index is -0.621. The Balaban J connectivity index is 1.35. The van der Waals surface area contributed by atoms with E-state index in [2.05, 4.69) is 17.3 Å². The molecule has 8 heteroatoms. The van der Waals surface area contributed by atoms with Gasteiger partial charge in [-0.1, -0.05) is 25.1 Å². The summed E-state index contributed by atoms with van der Waals surface area (Å²) >= 11 is 0. The van der Waals surface area contributed by atoms with Gasteiger partial charge < -0.3 is 16.0 Å². The number of rotatable bonds is 5. The van der Waals surface area contributed by atoms with Crippen LogP contribution < -0.4 is 11.1 Å². The summed E-state index contributed by atoms with van der Waals surface area (Å²) < 4.78 is 1.53. The third-order valence-corrected chi connectivity index (χ3v) is 6.91. The molecular weight excluding hydrogens is 382 g/mol. The fourth-order valence-corrected chi connectivity index (χ4v) is 5.32. The van der Waals surface area contributed by atoms with E-state index >= 15 is 0 Å². The predicted molar refractivity (Wildman–Crippen MR) is 110 cm³/mol. The van der Waals surface area contributed by atoms with Crippen molar-refractivity contribution in [1.29, 1.82) is 0 Å². The molecule has 1 aromatic carbocycles. The van der Waals surface area contributed by atoms with Gasteiger partial charge in [0.15, 0.2) is 5.69 Å². The fraction of sp³-hybridized carbons (Fsp3) is 0.545. The molecule has 0 bridgehead atoms. The van der Waals surface area contributed by atoms with Crippen molar-refractivity contribution in [2.24, 2.45) is 17.6 Å². The van der Waals surface area contributed by atoms with Gasteiger partial charge in [0.05, 0.1) is 5.52 Å². The lowest BCUT2D eigenvalue weighted by Crippen LogP contribution is -2.50. The van der Waals surface area contributed by atoms with Crippen molar-refractivity contribution in [1.82, 2.24) is 20.0 Å². The van der Waals surface area contributed by atoms with Crippen molar-refractivity contribution in [2.75, 3.05) is 0 Å². The quantitative estimate of drug-likeness (QED) is 0.778. The Labute approximate surface area is 174 Å². The molecule has 5 rings (SSSR count). The number of para-hydroxylation sites is 1. The Morgan fingerprint density at radius 2 is 1.97 bits per heavy atom. The van der Waals surface area contributed by atoms with E-state index in [1.807, 2.05) is 18.2 Å². The molecule has 3 N–H and O–H groups in total. The zero-order valence-corrected chi connectivity index (χ0v) is 17.1. The van der Waals surface area contributed by atoms with E-state index in [1.165, 1.54) is 4.68 Å². The third kappa shape index (κ3) is 3.24. The normalized spacial score (nSPS) is 29.8. The highest BCUT2D eigenvalue weighted by Crippen LogP contribution is 2.48. The summed E-state index contributed by atoms with van der Waals surface area (Å²) in [6.45, 7) is 2.20. The zero-order chi connectivity index (χ0) is 21.0. The third-order valence-electron chi connectivity index (χ3n) is 6.91. The van der Waals surface area contributed by atoms with Gasteiger partial charge in [-0.2, -0.15) is 5.10 Å². The van der Waals surface area contributed by atoms with Crippen molar-refractivity contribution in [3.8, 4) is 0 Å². The van der Waals surface area contributed by atoms with Crippen LogP contribution in [0.3, 0.4) is 0 Å². The topological polar surface area (TPSA) is 110 Å². The lowest BCUT2D eigenvalue weighted by molar-refractivity contribution is -0.140. The number of carbonyl (C=O) groups excluding carboxylic acids is 3. The first-order chi connectivity index (χ1) is 14.4. The van der Waals surface area contributed by atoms with Crippen molar-refractivity contribution in [2.45, 2.75) is 63.7 Å². The van der Waals surface area contributed by atoms with E-state index in [0.29, 0.717) is 22.7 Å². The van der Waals surface area contributed by atoms with Gasteiger partial charge in [0.25, 0.3) is 5.91 Å². The van der Waals surface area contributed by atoms with Crippen LogP contribution in [0, 0.1) is 11.8 Å². The molecule has 3 amide bonds. The molecule has 3 fully saturated rings. The van der Waals surface area contributed by atoms with Crippen molar-refractivity contribution >= 4 is 28.6 Å². The summed E-state index contributed by atoms with van der Waals surface area (Å²) in [5, 5.41) is 8.10. The Morgan fingerprint density at radius 3 is 2.70 bits per heavy atom. The molecule has 1 aromatic heterocycles. The first-order valence-electron chi connectivity index (χ1n) is 10.8. The number of fused-ring (bicyclic) bond motifs is 2. The van der Waals surface area contributed by atoms with E-state index in [-0.39, 0.29) is 36.1 Å². The highest BCUT2D eigenvalue weighted by molar-refractivity contribution is 6.04. The number of primary amides is 1. The minimum absolute atomic E-state index is 0.0126. The maximum absolute atomic E-state index is 13.2. The summed E-state index contributed by atoms with van der Waals surface area (Å²) in [7, 11) is 0. The molecule has 30 heavy (non-hydrogen) atoms. The number of nitrogens with two attached hydrogens (primary N) is 1. The van der Waals surface area contributed by atoms with E-state index in [0.717, 1.165) is 32.1 Å². The molecule has 2 saturated carbocycles. The zero-order valence-electron chi connectivity index (χ0n) is 17.1. The smallest absolute Gasteiger partial charge is 0.269 e. The number of nitrogens with one attached hydrogen (secondary N) is 1. The van der Waals surface area contributed by atoms with Crippen LogP contribution in [0.2, 0.25) is 0 Å². The second-order valence-corrected chi connectivity index (χ2v) is 9.13. The molecule has 8 nitrogen and oxygen atoms in total. The molecule has 0 spiro atoms. The molecule has 5 atom stereocenters. The molecular formula is C22H27N5O3. The monoisotopic (exact) mass is 409 g/mol. The molecule has 1 aliphatic heterocycles. The highest BCUT2D eigenvalue weighted by Gasteiger charge is 2.56. The number of hydrogen-bond donors (Lipinski definition) is 2. The SMILES string of the molecule is CC1CCC(NC(=O)[C@@H]2C[C@H]3C[C@H]3N2C(=O)Cn2nc(C(N)=O)c3ccccc32)C1. The fourth-order valence-electron chi connectivity index (χ4n) is 5.32. The number of piperidine rings is 1. The number of carbonyl (C=O) groups is 3. The maximum Gasteiger partial charge on any atom is 0.269 e. The molecule has 158 valence electrons. The Bertz CT molecular complexity index is 1030. The number of likely N-dealkylation sites (tertiary alicyclic amines) is 1. The molecule has 2 aliphatic carbocycles. The van der Waals surface area contributed by atoms with Crippen molar-refractivity contribution in [3.63, 3.8) is 0 Å². The Morgan fingerprint density at radius 1 is 1.17 bits per heavy atom. The van der Waals surface area contributed by atoms with Crippen LogP contribution in [0.15, 0.2) is 24.3 Å². The van der Waals surface area contributed by atoms with E-state index in [1.54, 1.807) is 11.0 Å². The van der Waals surface area contributed by atoms with Gasteiger partial charge in [-0.05, 0) is 50.0 Å². The lowest BCUT2D eigenvalue weighted by atomic mass is 10.1. The van der Waals surface area contributed by atoms with Gasteiger partial charge in [0.2, 0.25) is 11.8 Å². The molecule has 2 aromatic rings. The number of aromatic nitrogens is 2. The summed E-state index contributed by atoms with van der Waals surface area (Å²) in [4.78, 5) is 39.7. The Hall–Kier alpha value is -2.90. The van der Waals surface area contributed by atoms with Gasteiger partial charge in [0, 0.05) is 17.5 Å². The molecule has 1 saturated heterocycles. The largest absolute Gasteiger partial charge is 0.364 e. The van der Waals surface area contributed by atoms with Gasteiger partial charge in [-0.3, -0.25) is 19.1 Å². The van der Waals surface area contributed by atoms with E-state index in [4.69, 9.17) is 5.73 Å². The van der Waals surface area contributed by atoms with Gasteiger partial charge in [-0.15, -0.1) is 0 Å². The molecule has 3 aliphatic rings.